The van der Waals surface area contributed by atoms with E-state index in [0.29, 0.717) is 5.56 Å². The van der Waals surface area contributed by atoms with Gasteiger partial charge in [0.05, 0.1) is 3.79 Å². The number of anilines is 1. The molecule has 21 heavy (non-hydrogen) atoms. The molecule has 1 aromatic carbocycles. The summed E-state index contributed by atoms with van der Waals surface area (Å²) in [6.45, 7) is 2.77. The highest BCUT2D eigenvalue weighted by molar-refractivity contribution is 9.13. The van der Waals surface area contributed by atoms with Crippen LogP contribution in [0.15, 0.2) is 32.5 Å². The van der Waals surface area contributed by atoms with Gasteiger partial charge in [-0.25, -0.2) is 0 Å². The van der Waals surface area contributed by atoms with Crippen LogP contribution in [-0.4, -0.2) is 24.9 Å². The maximum atomic E-state index is 12.0. The van der Waals surface area contributed by atoms with Gasteiger partial charge in [0, 0.05) is 41.2 Å². The molecule has 0 radical (unpaired) electrons. The Bertz CT molecular complexity index is 648. The van der Waals surface area contributed by atoms with E-state index in [4.69, 9.17) is 0 Å². The number of aryl methyl sites for hydroxylation is 1. The van der Waals surface area contributed by atoms with Crippen LogP contribution in [0.5, 0.6) is 0 Å². The maximum absolute atomic E-state index is 12.0. The molecular weight excluding hydrogens is 416 g/mol. The fourth-order valence-corrected chi connectivity index (χ4v) is 3.98. The Kier molecular flexibility index (Phi) is 5.46. The van der Waals surface area contributed by atoms with Gasteiger partial charge in [-0.3, -0.25) is 4.79 Å². The normalized spacial score (nSPS) is 10.5. The molecule has 2 rings (SSSR count). The summed E-state index contributed by atoms with van der Waals surface area (Å²) in [5.74, 6) is 0.0136. The average molecular weight is 432 g/mol. The molecule has 6 heteroatoms. The summed E-state index contributed by atoms with van der Waals surface area (Å²) in [6, 6.07) is 7.84. The maximum Gasteiger partial charge on any atom is 0.253 e. The average Bonchev–Trinajstić information content (AvgIpc) is 2.76. The van der Waals surface area contributed by atoms with E-state index in [1.54, 1.807) is 30.3 Å². The predicted octanol–water partition coefficient (Wildman–Crippen LogP) is 4.90. The van der Waals surface area contributed by atoms with Gasteiger partial charge >= 0.3 is 0 Å². The first-order valence-electron chi connectivity index (χ1n) is 6.38. The molecular formula is C15H16Br2N2OS. The van der Waals surface area contributed by atoms with Crippen LogP contribution in [0.4, 0.5) is 5.69 Å². The van der Waals surface area contributed by atoms with E-state index in [2.05, 4.69) is 43.2 Å². The van der Waals surface area contributed by atoms with E-state index in [1.807, 2.05) is 25.1 Å². The molecule has 0 spiro atoms. The van der Waals surface area contributed by atoms with E-state index >= 15 is 0 Å². The van der Waals surface area contributed by atoms with E-state index in [0.717, 1.165) is 26.1 Å². The van der Waals surface area contributed by atoms with Gasteiger partial charge < -0.3 is 10.2 Å². The van der Waals surface area contributed by atoms with E-state index in [9.17, 15) is 4.79 Å². The smallest absolute Gasteiger partial charge is 0.253 e. The van der Waals surface area contributed by atoms with Crippen molar-refractivity contribution < 1.29 is 4.79 Å². The second-order valence-electron chi connectivity index (χ2n) is 4.92. The molecule has 0 atom stereocenters. The summed E-state index contributed by atoms with van der Waals surface area (Å²) >= 11 is 8.67. The lowest BCUT2D eigenvalue weighted by atomic mass is 10.1. The molecule has 0 aliphatic heterocycles. The van der Waals surface area contributed by atoms with Crippen molar-refractivity contribution in [1.29, 1.82) is 0 Å². The van der Waals surface area contributed by atoms with Crippen molar-refractivity contribution in [1.82, 2.24) is 4.90 Å². The molecule has 1 amide bonds. The lowest BCUT2D eigenvalue weighted by molar-refractivity contribution is 0.0827. The molecule has 0 aliphatic carbocycles. The van der Waals surface area contributed by atoms with Gasteiger partial charge in [-0.2, -0.15) is 0 Å². The van der Waals surface area contributed by atoms with Crippen molar-refractivity contribution in [2.45, 2.75) is 13.5 Å². The Hall–Kier alpha value is -0.850. The Labute approximate surface area is 145 Å². The zero-order valence-corrected chi connectivity index (χ0v) is 16.0. The summed E-state index contributed by atoms with van der Waals surface area (Å²) in [5, 5.41) is 3.40. The molecule has 0 saturated heterocycles. The predicted molar refractivity (Wildman–Crippen MR) is 96.2 cm³/mol. The number of carbonyl (C=O) groups is 1. The highest BCUT2D eigenvalue weighted by atomic mass is 79.9. The molecule has 2 aromatic rings. The molecule has 0 saturated carbocycles. The van der Waals surface area contributed by atoms with E-state index in [1.165, 1.54) is 4.88 Å². The number of amides is 1. The Morgan fingerprint density at radius 2 is 2.00 bits per heavy atom. The summed E-state index contributed by atoms with van der Waals surface area (Å²) in [6.07, 6.45) is 0. The molecule has 0 bridgehead atoms. The summed E-state index contributed by atoms with van der Waals surface area (Å²) in [7, 11) is 3.52. The van der Waals surface area contributed by atoms with Crippen LogP contribution in [0.2, 0.25) is 0 Å². The van der Waals surface area contributed by atoms with Crippen molar-refractivity contribution in [3.63, 3.8) is 0 Å². The summed E-state index contributed by atoms with van der Waals surface area (Å²) < 4.78 is 2.16. The van der Waals surface area contributed by atoms with Gasteiger partial charge in [-0.05, 0) is 62.5 Å². The number of benzene rings is 1. The fraction of sp³-hybridized carbons (Fsp3) is 0.267. The van der Waals surface area contributed by atoms with Crippen LogP contribution < -0.4 is 5.32 Å². The quantitative estimate of drug-likeness (QED) is 0.746. The first-order chi connectivity index (χ1) is 9.88. The highest BCUT2D eigenvalue weighted by Gasteiger charge is 2.10. The highest BCUT2D eigenvalue weighted by Crippen LogP contribution is 2.32. The molecule has 0 aliphatic rings. The standard InChI is InChI=1S/C15H16Br2N2OS/c1-9-4-5-10(15(20)19(2)3)6-13(9)18-8-11-7-12(16)14(17)21-11/h4-7,18H,8H2,1-3H3. The number of hydrogen-bond donors (Lipinski definition) is 1. The van der Waals surface area contributed by atoms with E-state index < -0.39 is 0 Å². The van der Waals surface area contributed by atoms with Crippen molar-refractivity contribution in [3.05, 3.63) is 48.5 Å². The Morgan fingerprint density at radius 1 is 1.29 bits per heavy atom. The minimum absolute atomic E-state index is 0.0136. The first-order valence-corrected chi connectivity index (χ1v) is 8.78. The van der Waals surface area contributed by atoms with E-state index in [-0.39, 0.29) is 5.91 Å². The number of halogens is 2. The minimum Gasteiger partial charge on any atom is -0.380 e. The van der Waals surface area contributed by atoms with Crippen molar-refractivity contribution >= 4 is 54.8 Å². The largest absolute Gasteiger partial charge is 0.380 e. The number of rotatable bonds is 4. The zero-order valence-electron chi connectivity index (χ0n) is 12.0. The van der Waals surface area contributed by atoms with Gasteiger partial charge in [0.25, 0.3) is 5.91 Å². The third-order valence-electron chi connectivity index (χ3n) is 3.04. The lowest BCUT2D eigenvalue weighted by Gasteiger charge is -2.14. The lowest BCUT2D eigenvalue weighted by Crippen LogP contribution is -2.21. The van der Waals surface area contributed by atoms with Crippen molar-refractivity contribution in [2.24, 2.45) is 0 Å². The van der Waals surface area contributed by atoms with Gasteiger partial charge in [-0.15, -0.1) is 11.3 Å². The Morgan fingerprint density at radius 3 is 2.57 bits per heavy atom. The monoisotopic (exact) mass is 430 g/mol. The molecule has 0 unspecified atom stereocenters. The van der Waals surface area contributed by atoms with Crippen LogP contribution in [0.25, 0.3) is 0 Å². The molecule has 112 valence electrons. The number of nitrogens with one attached hydrogen (secondary N) is 1. The minimum atomic E-state index is 0.0136. The van der Waals surface area contributed by atoms with Crippen LogP contribution in [0.1, 0.15) is 20.8 Å². The van der Waals surface area contributed by atoms with Gasteiger partial charge in [-0.1, -0.05) is 6.07 Å². The van der Waals surface area contributed by atoms with Crippen molar-refractivity contribution in [3.8, 4) is 0 Å². The summed E-state index contributed by atoms with van der Waals surface area (Å²) in [5.41, 5.74) is 2.81. The molecule has 1 N–H and O–H groups in total. The van der Waals surface area contributed by atoms with Crippen LogP contribution in [-0.2, 0) is 6.54 Å². The first kappa shape index (κ1) is 16.5. The molecule has 3 nitrogen and oxygen atoms in total. The summed E-state index contributed by atoms with van der Waals surface area (Å²) in [4.78, 5) is 14.8. The molecule has 1 aromatic heterocycles. The number of nitrogens with zero attached hydrogens (tertiary/aromatic N) is 1. The number of carbonyl (C=O) groups excluding carboxylic acids is 1. The zero-order chi connectivity index (χ0) is 15.6. The van der Waals surface area contributed by atoms with Crippen LogP contribution in [0, 0.1) is 6.92 Å². The van der Waals surface area contributed by atoms with Crippen LogP contribution >= 0.6 is 43.2 Å². The van der Waals surface area contributed by atoms with Gasteiger partial charge in [0.1, 0.15) is 0 Å². The molecule has 0 fully saturated rings. The second kappa shape index (κ2) is 6.94. The second-order valence-corrected chi connectivity index (χ2v) is 8.23. The SMILES string of the molecule is Cc1ccc(C(=O)N(C)C)cc1NCc1cc(Br)c(Br)s1. The third-order valence-corrected chi connectivity index (χ3v) is 6.30. The number of thiophene rings is 1. The van der Waals surface area contributed by atoms with Gasteiger partial charge in [0.15, 0.2) is 0 Å². The third kappa shape index (κ3) is 4.08. The molecule has 1 heterocycles. The fourth-order valence-electron chi connectivity index (χ4n) is 1.86. The van der Waals surface area contributed by atoms with Crippen LogP contribution in [0.3, 0.4) is 0 Å². The van der Waals surface area contributed by atoms with Crippen molar-refractivity contribution in [2.75, 3.05) is 19.4 Å². The van der Waals surface area contributed by atoms with Gasteiger partial charge in [0.2, 0.25) is 0 Å². The topological polar surface area (TPSA) is 32.3 Å². The number of hydrogen-bond acceptors (Lipinski definition) is 3. The Balaban J connectivity index is 2.15.